The number of esters is 1. The highest BCUT2D eigenvalue weighted by molar-refractivity contribution is 6.00. The molecular weight excluding hydrogens is 380 g/mol. The minimum absolute atomic E-state index is 0.00987. The van der Waals surface area contributed by atoms with Crippen LogP contribution in [0.15, 0.2) is 54.6 Å². The molecule has 1 heterocycles. The lowest BCUT2D eigenvalue weighted by Gasteiger charge is -2.20. The Hall–Kier alpha value is -3.41. The summed E-state index contributed by atoms with van der Waals surface area (Å²) in [7, 11) is 0. The fraction of sp³-hybridized carbons (Fsp3) is 0.292. The molecule has 30 heavy (non-hydrogen) atoms. The van der Waals surface area contributed by atoms with Crippen molar-refractivity contribution in [2.24, 2.45) is 0 Å². The van der Waals surface area contributed by atoms with Gasteiger partial charge in [0.25, 0.3) is 5.69 Å². The summed E-state index contributed by atoms with van der Waals surface area (Å²) in [6, 6.07) is 16.3. The molecule has 3 rings (SSSR count). The summed E-state index contributed by atoms with van der Waals surface area (Å²) in [6.45, 7) is 9.98. The lowest BCUT2D eigenvalue weighted by molar-refractivity contribution is -0.384. The maximum atomic E-state index is 13.1. The number of rotatable bonds is 5. The van der Waals surface area contributed by atoms with Crippen molar-refractivity contribution in [2.75, 3.05) is 0 Å². The van der Waals surface area contributed by atoms with E-state index in [1.54, 1.807) is 12.1 Å². The summed E-state index contributed by atoms with van der Waals surface area (Å²) < 4.78 is 7.78. The van der Waals surface area contributed by atoms with Gasteiger partial charge in [-0.2, -0.15) is 0 Å². The van der Waals surface area contributed by atoms with Crippen LogP contribution in [0, 0.1) is 24.0 Å². The van der Waals surface area contributed by atoms with Gasteiger partial charge in [0, 0.05) is 35.6 Å². The van der Waals surface area contributed by atoms with Gasteiger partial charge < -0.3 is 9.30 Å². The molecule has 0 aliphatic rings. The van der Waals surface area contributed by atoms with E-state index in [0.717, 1.165) is 28.1 Å². The molecule has 0 spiro atoms. The third-order valence-corrected chi connectivity index (χ3v) is 4.94. The zero-order valence-electron chi connectivity index (χ0n) is 17.9. The first-order chi connectivity index (χ1) is 14.1. The number of carbonyl (C=O) groups is 1. The van der Waals surface area contributed by atoms with Crippen molar-refractivity contribution >= 4 is 11.7 Å². The number of nitrogens with zero attached hydrogens (tertiary/aromatic N) is 2. The van der Waals surface area contributed by atoms with Crippen molar-refractivity contribution in [3.05, 3.63) is 87.2 Å². The molecule has 156 valence electrons. The number of carbonyl (C=O) groups excluding carboxylic acids is 1. The Morgan fingerprint density at radius 1 is 1.00 bits per heavy atom. The average molecular weight is 406 g/mol. The first-order valence-electron chi connectivity index (χ1n) is 9.80. The first-order valence-corrected chi connectivity index (χ1v) is 9.80. The molecule has 0 atom stereocenters. The summed E-state index contributed by atoms with van der Waals surface area (Å²) >= 11 is 0. The monoisotopic (exact) mass is 406 g/mol. The molecule has 0 amide bonds. The van der Waals surface area contributed by atoms with Crippen LogP contribution in [-0.2, 0) is 11.3 Å². The maximum absolute atomic E-state index is 13.1. The van der Waals surface area contributed by atoms with Crippen LogP contribution >= 0.6 is 0 Å². The molecule has 0 bridgehead atoms. The van der Waals surface area contributed by atoms with Crippen LogP contribution < -0.4 is 0 Å². The van der Waals surface area contributed by atoms with Crippen molar-refractivity contribution in [1.29, 1.82) is 0 Å². The minimum Gasteiger partial charge on any atom is -0.456 e. The molecule has 0 aliphatic heterocycles. The van der Waals surface area contributed by atoms with Crippen LogP contribution in [0.25, 0.3) is 11.1 Å². The highest BCUT2D eigenvalue weighted by atomic mass is 16.6. The van der Waals surface area contributed by atoms with E-state index in [1.807, 2.05) is 65.0 Å². The number of hydrogen-bond donors (Lipinski definition) is 0. The lowest BCUT2D eigenvalue weighted by atomic mass is 10.00. The summed E-state index contributed by atoms with van der Waals surface area (Å²) in [5.74, 6) is -0.400. The molecule has 6 nitrogen and oxygen atoms in total. The Morgan fingerprint density at radius 2 is 1.60 bits per heavy atom. The van der Waals surface area contributed by atoms with Gasteiger partial charge in [0.1, 0.15) is 5.60 Å². The fourth-order valence-corrected chi connectivity index (χ4v) is 3.57. The van der Waals surface area contributed by atoms with Crippen molar-refractivity contribution in [3.8, 4) is 11.1 Å². The molecule has 6 heteroatoms. The Labute approximate surface area is 176 Å². The quantitative estimate of drug-likeness (QED) is 0.310. The van der Waals surface area contributed by atoms with Gasteiger partial charge in [-0.1, -0.05) is 30.3 Å². The van der Waals surface area contributed by atoms with Crippen LogP contribution in [0.1, 0.15) is 48.1 Å². The van der Waals surface area contributed by atoms with Gasteiger partial charge in [0.2, 0.25) is 0 Å². The SMILES string of the molecule is Cc1c(C(=O)OC(C)(C)C)c(-c2ccc([N+](=O)[O-])cc2)c(C)n1Cc1ccccc1. The van der Waals surface area contributed by atoms with E-state index in [1.165, 1.54) is 12.1 Å². The zero-order chi connectivity index (χ0) is 22.1. The van der Waals surface area contributed by atoms with Crippen molar-refractivity contribution < 1.29 is 14.5 Å². The van der Waals surface area contributed by atoms with Crippen molar-refractivity contribution in [2.45, 2.75) is 46.8 Å². The molecule has 3 aromatic rings. The number of benzene rings is 2. The third kappa shape index (κ3) is 4.43. The fourth-order valence-electron chi connectivity index (χ4n) is 3.57. The minimum atomic E-state index is -0.633. The molecule has 0 N–H and O–H groups in total. The van der Waals surface area contributed by atoms with Gasteiger partial charge in [-0.05, 0) is 57.9 Å². The normalized spacial score (nSPS) is 11.4. The number of ether oxygens (including phenoxy) is 1. The third-order valence-electron chi connectivity index (χ3n) is 4.94. The molecule has 0 fully saturated rings. The second-order valence-electron chi connectivity index (χ2n) is 8.30. The molecule has 0 radical (unpaired) electrons. The standard InChI is InChI=1S/C24H26N2O4/c1-16-21(19-11-13-20(14-12-19)26(28)29)22(23(27)30-24(3,4)5)17(2)25(16)15-18-9-7-6-8-10-18/h6-14H,15H2,1-5H3. The summed E-state index contributed by atoms with van der Waals surface area (Å²) in [5, 5.41) is 11.0. The van der Waals surface area contributed by atoms with Gasteiger partial charge in [-0.3, -0.25) is 10.1 Å². The maximum Gasteiger partial charge on any atom is 0.341 e. The molecule has 0 aliphatic carbocycles. The molecule has 0 saturated heterocycles. The van der Waals surface area contributed by atoms with Crippen LogP contribution in [0.2, 0.25) is 0 Å². The van der Waals surface area contributed by atoms with Gasteiger partial charge >= 0.3 is 5.97 Å². The largest absolute Gasteiger partial charge is 0.456 e. The number of nitro groups is 1. The number of hydrogen-bond acceptors (Lipinski definition) is 4. The second-order valence-corrected chi connectivity index (χ2v) is 8.30. The Kier molecular flexibility index (Phi) is 5.78. The van der Waals surface area contributed by atoms with E-state index in [2.05, 4.69) is 4.57 Å². The topological polar surface area (TPSA) is 74.4 Å². The predicted molar refractivity (Wildman–Crippen MR) is 117 cm³/mol. The summed E-state index contributed by atoms with van der Waals surface area (Å²) in [4.78, 5) is 23.7. The summed E-state index contributed by atoms with van der Waals surface area (Å²) in [6.07, 6.45) is 0. The molecular formula is C24H26N2O4. The smallest absolute Gasteiger partial charge is 0.341 e. The number of aromatic nitrogens is 1. The van der Waals surface area contributed by atoms with Gasteiger partial charge in [0.05, 0.1) is 10.5 Å². The van der Waals surface area contributed by atoms with Crippen LogP contribution in [0.5, 0.6) is 0 Å². The van der Waals surface area contributed by atoms with E-state index in [0.29, 0.717) is 12.1 Å². The highest BCUT2D eigenvalue weighted by Crippen LogP contribution is 2.35. The summed E-state index contributed by atoms with van der Waals surface area (Å²) in [5.41, 5.74) is 4.19. The van der Waals surface area contributed by atoms with Crippen molar-refractivity contribution in [1.82, 2.24) is 4.57 Å². The molecule has 2 aromatic carbocycles. The number of non-ortho nitro benzene ring substituents is 1. The Bertz CT molecular complexity index is 1080. The first kappa shape index (κ1) is 21.3. The molecule has 0 saturated carbocycles. The van der Waals surface area contributed by atoms with E-state index in [9.17, 15) is 14.9 Å². The van der Waals surface area contributed by atoms with E-state index in [-0.39, 0.29) is 5.69 Å². The zero-order valence-corrected chi connectivity index (χ0v) is 17.9. The number of nitro benzene ring substituents is 1. The highest BCUT2D eigenvalue weighted by Gasteiger charge is 2.28. The van der Waals surface area contributed by atoms with Gasteiger partial charge in [-0.25, -0.2) is 4.79 Å². The average Bonchev–Trinajstić information content (AvgIpc) is 2.92. The predicted octanol–water partition coefficient (Wildman–Crippen LogP) is 5.68. The Morgan fingerprint density at radius 3 is 2.13 bits per heavy atom. The molecule has 0 unspecified atom stereocenters. The lowest BCUT2D eigenvalue weighted by Crippen LogP contribution is -2.24. The van der Waals surface area contributed by atoms with Crippen LogP contribution in [-0.4, -0.2) is 21.1 Å². The van der Waals surface area contributed by atoms with E-state index >= 15 is 0 Å². The van der Waals surface area contributed by atoms with Gasteiger partial charge in [0.15, 0.2) is 0 Å². The van der Waals surface area contributed by atoms with Crippen molar-refractivity contribution in [3.63, 3.8) is 0 Å². The van der Waals surface area contributed by atoms with Crippen LogP contribution in [0.3, 0.4) is 0 Å². The molecule has 1 aromatic heterocycles. The van der Waals surface area contributed by atoms with E-state index < -0.39 is 16.5 Å². The van der Waals surface area contributed by atoms with Gasteiger partial charge in [-0.15, -0.1) is 0 Å². The van der Waals surface area contributed by atoms with E-state index in [4.69, 9.17) is 4.74 Å². The van der Waals surface area contributed by atoms with Crippen LogP contribution in [0.4, 0.5) is 5.69 Å². The Balaban J connectivity index is 2.16. The second kappa shape index (κ2) is 8.14.